The smallest absolute Gasteiger partial charge is 0.288 e. The maximum atomic E-state index is 11.9. The molecule has 1 aromatic carbocycles. The van der Waals surface area contributed by atoms with Gasteiger partial charge in [-0.3, -0.25) is 20.0 Å². The second-order valence-electron chi connectivity index (χ2n) is 3.90. The summed E-state index contributed by atoms with van der Waals surface area (Å²) in [6.07, 6.45) is 1.65. The lowest BCUT2D eigenvalue weighted by Crippen LogP contribution is -2.43. The summed E-state index contributed by atoms with van der Waals surface area (Å²) in [5, 5.41) is 1.16. The Bertz CT molecular complexity index is 578. The third-order valence-electron chi connectivity index (χ3n) is 2.51. The molecule has 0 saturated heterocycles. The van der Waals surface area contributed by atoms with Crippen molar-refractivity contribution in [3.63, 3.8) is 0 Å². The summed E-state index contributed by atoms with van der Waals surface area (Å²) in [6.45, 7) is 0. The highest BCUT2D eigenvalue weighted by Crippen LogP contribution is 2.07. The van der Waals surface area contributed by atoms with Crippen LogP contribution in [0.15, 0.2) is 42.6 Å². The van der Waals surface area contributed by atoms with Crippen LogP contribution >= 0.6 is 22.6 Å². The highest BCUT2D eigenvalue weighted by atomic mass is 127. The first-order valence-electron chi connectivity index (χ1n) is 5.56. The van der Waals surface area contributed by atoms with Crippen molar-refractivity contribution in [3.05, 3.63) is 57.4 Å². The number of nitrogens with one attached hydrogen (secondary N) is 2. The van der Waals surface area contributed by atoms with E-state index in [4.69, 9.17) is 0 Å². The van der Waals surface area contributed by atoms with Gasteiger partial charge in [0.25, 0.3) is 11.8 Å². The molecule has 0 aliphatic rings. The summed E-state index contributed by atoms with van der Waals surface area (Å²) < 4.78 is 1.05. The summed E-state index contributed by atoms with van der Waals surface area (Å²) in [4.78, 5) is 26.6. The summed E-state index contributed by atoms with van der Waals surface area (Å²) >= 11 is 2.16. The van der Waals surface area contributed by atoms with Gasteiger partial charge in [0.15, 0.2) is 0 Å². The molecule has 0 saturated carbocycles. The number of aromatic amines is 1. The van der Waals surface area contributed by atoms with E-state index in [0.29, 0.717) is 11.3 Å². The number of amides is 2. The fourth-order valence-corrected chi connectivity index (χ4v) is 1.87. The van der Waals surface area contributed by atoms with Gasteiger partial charge in [0.05, 0.1) is 0 Å². The first kappa shape index (κ1) is 13.6. The lowest BCUT2D eigenvalue weighted by Gasteiger charge is -2.17. The number of carbonyl (C=O) groups excluding carboxylic acids is 2. The number of nitrogens with zero attached hydrogens (tertiary/aromatic N) is 1. The second-order valence-corrected chi connectivity index (χ2v) is 5.14. The lowest BCUT2D eigenvalue weighted by molar-refractivity contribution is 0.0632. The van der Waals surface area contributed by atoms with Crippen molar-refractivity contribution in [1.82, 2.24) is 15.4 Å². The Morgan fingerprint density at radius 2 is 1.89 bits per heavy atom. The monoisotopic (exact) mass is 369 g/mol. The zero-order valence-electron chi connectivity index (χ0n) is 10.2. The van der Waals surface area contributed by atoms with Gasteiger partial charge in [-0.25, -0.2) is 0 Å². The number of aromatic nitrogens is 1. The number of hydrogen-bond acceptors (Lipinski definition) is 2. The molecule has 2 N–H and O–H groups in total. The van der Waals surface area contributed by atoms with Crippen LogP contribution in [0.1, 0.15) is 20.8 Å². The van der Waals surface area contributed by atoms with Gasteiger partial charge in [-0.15, -0.1) is 0 Å². The van der Waals surface area contributed by atoms with Crippen molar-refractivity contribution in [2.24, 2.45) is 0 Å². The van der Waals surface area contributed by atoms with Crippen LogP contribution in [-0.4, -0.2) is 28.9 Å². The SMILES string of the molecule is CN(NC(=O)c1ccc(I)cc1)C(=O)c1ccc[nH]1. The van der Waals surface area contributed by atoms with Gasteiger partial charge in [-0.1, -0.05) is 0 Å². The van der Waals surface area contributed by atoms with Crippen LogP contribution in [0.5, 0.6) is 0 Å². The molecule has 0 atom stereocenters. The molecular formula is C13H12IN3O2. The lowest BCUT2D eigenvalue weighted by atomic mass is 10.2. The summed E-state index contributed by atoms with van der Waals surface area (Å²) in [5.41, 5.74) is 3.45. The van der Waals surface area contributed by atoms with Crippen LogP contribution in [0.4, 0.5) is 0 Å². The van der Waals surface area contributed by atoms with Crippen LogP contribution in [0.3, 0.4) is 0 Å². The molecule has 0 spiro atoms. The van der Waals surface area contributed by atoms with E-state index in [0.717, 1.165) is 8.58 Å². The molecule has 2 rings (SSSR count). The zero-order valence-corrected chi connectivity index (χ0v) is 12.3. The molecular weight excluding hydrogens is 357 g/mol. The number of hydrazine groups is 1. The largest absolute Gasteiger partial charge is 0.357 e. The fraction of sp³-hybridized carbons (Fsp3) is 0.0769. The van der Waals surface area contributed by atoms with Crippen molar-refractivity contribution in [1.29, 1.82) is 0 Å². The number of hydrogen-bond donors (Lipinski definition) is 2. The van der Waals surface area contributed by atoms with Gasteiger partial charge in [0.1, 0.15) is 5.69 Å². The maximum absolute atomic E-state index is 11.9. The molecule has 0 aliphatic carbocycles. The van der Waals surface area contributed by atoms with Crippen molar-refractivity contribution >= 4 is 34.4 Å². The highest BCUT2D eigenvalue weighted by molar-refractivity contribution is 14.1. The van der Waals surface area contributed by atoms with Gasteiger partial charge in [0.2, 0.25) is 0 Å². The molecule has 2 aromatic rings. The van der Waals surface area contributed by atoms with E-state index < -0.39 is 0 Å². The number of halogens is 1. The molecule has 19 heavy (non-hydrogen) atoms. The molecule has 0 bridgehead atoms. The van der Waals surface area contributed by atoms with Gasteiger partial charge in [0, 0.05) is 22.4 Å². The Hall–Kier alpha value is -1.83. The second kappa shape index (κ2) is 5.87. The average Bonchev–Trinajstić information content (AvgIpc) is 2.92. The third-order valence-corrected chi connectivity index (χ3v) is 3.23. The van der Waals surface area contributed by atoms with Crippen LogP contribution in [0.2, 0.25) is 0 Å². The van der Waals surface area contributed by atoms with Gasteiger partial charge in [-0.2, -0.15) is 0 Å². The number of benzene rings is 1. The van der Waals surface area contributed by atoms with Crippen LogP contribution in [0.25, 0.3) is 0 Å². The van der Waals surface area contributed by atoms with Crippen molar-refractivity contribution in [2.45, 2.75) is 0 Å². The van der Waals surface area contributed by atoms with E-state index in [9.17, 15) is 9.59 Å². The van der Waals surface area contributed by atoms with E-state index in [-0.39, 0.29) is 11.8 Å². The number of carbonyl (C=O) groups is 2. The molecule has 98 valence electrons. The van der Waals surface area contributed by atoms with E-state index in [1.807, 2.05) is 12.1 Å². The first-order chi connectivity index (χ1) is 9.08. The molecule has 0 radical (unpaired) electrons. The highest BCUT2D eigenvalue weighted by Gasteiger charge is 2.15. The van der Waals surface area contributed by atoms with Crippen molar-refractivity contribution in [2.75, 3.05) is 7.05 Å². The third kappa shape index (κ3) is 3.34. The molecule has 5 nitrogen and oxygen atoms in total. The van der Waals surface area contributed by atoms with Gasteiger partial charge < -0.3 is 4.98 Å². The number of rotatable bonds is 2. The van der Waals surface area contributed by atoms with E-state index >= 15 is 0 Å². The quantitative estimate of drug-likeness (QED) is 0.629. The topological polar surface area (TPSA) is 65.2 Å². The first-order valence-corrected chi connectivity index (χ1v) is 6.64. The van der Waals surface area contributed by atoms with E-state index in [1.165, 1.54) is 7.05 Å². The minimum Gasteiger partial charge on any atom is -0.357 e. The Labute approximate surface area is 124 Å². The molecule has 0 fully saturated rings. The van der Waals surface area contributed by atoms with E-state index in [1.54, 1.807) is 30.5 Å². The Balaban J connectivity index is 2.02. The molecule has 0 aliphatic heterocycles. The zero-order chi connectivity index (χ0) is 13.8. The predicted molar refractivity (Wildman–Crippen MR) is 79.5 cm³/mol. The summed E-state index contributed by atoms with van der Waals surface area (Å²) in [5.74, 6) is -0.623. The van der Waals surface area contributed by atoms with Crippen molar-refractivity contribution < 1.29 is 9.59 Å². The minimum atomic E-state index is -0.321. The molecule has 1 aromatic heterocycles. The average molecular weight is 369 g/mol. The molecule has 6 heteroatoms. The maximum Gasteiger partial charge on any atom is 0.288 e. The Kier molecular flexibility index (Phi) is 4.20. The normalized spacial score (nSPS) is 10.0. The Morgan fingerprint density at radius 1 is 1.21 bits per heavy atom. The molecule has 2 amide bonds. The van der Waals surface area contributed by atoms with Crippen LogP contribution in [-0.2, 0) is 0 Å². The summed E-state index contributed by atoms with van der Waals surface area (Å²) in [7, 11) is 1.51. The van der Waals surface area contributed by atoms with Gasteiger partial charge in [-0.05, 0) is 59.0 Å². The number of H-pyrrole nitrogens is 1. The van der Waals surface area contributed by atoms with Gasteiger partial charge >= 0.3 is 0 Å². The molecule has 0 unspecified atom stereocenters. The summed E-state index contributed by atoms with van der Waals surface area (Å²) in [6, 6.07) is 10.5. The van der Waals surface area contributed by atoms with Crippen LogP contribution in [0, 0.1) is 3.57 Å². The fourth-order valence-electron chi connectivity index (χ4n) is 1.51. The molecule has 1 heterocycles. The van der Waals surface area contributed by atoms with Crippen molar-refractivity contribution in [3.8, 4) is 0 Å². The standard InChI is InChI=1S/C13H12IN3O2/c1-17(13(19)11-3-2-8-15-11)16-12(18)9-4-6-10(14)7-5-9/h2-8,15H,1H3,(H,16,18). The van der Waals surface area contributed by atoms with E-state index in [2.05, 4.69) is 33.0 Å². The minimum absolute atomic E-state index is 0.302. The van der Waals surface area contributed by atoms with Crippen LogP contribution < -0.4 is 5.43 Å². The Morgan fingerprint density at radius 3 is 2.47 bits per heavy atom. The predicted octanol–water partition coefficient (Wildman–Crippen LogP) is 2.04.